The van der Waals surface area contributed by atoms with Gasteiger partial charge in [0, 0.05) is 13.1 Å². The van der Waals surface area contributed by atoms with Gasteiger partial charge in [-0.05, 0) is 37.1 Å². The van der Waals surface area contributed by atoms with Crippen molar-refractivity contribution in [1.29, 1.82) is 0 Å². The molecule has 0 aliphatic carbocycles. The Morgan fingerprint density at radius 3 is 2.74 bits per heavy atom. The van der Waals surface area contributed by atoms with Crippen molar-refractivity contribution in [2.75, 3.05) is 19.7 Å². The number of amides is 1. The van der Waals surface area contributed by atoms with E-state index in [4.69, 9.17) is 9.47 Å². The molecule has 0 radical (unpaired) electrons. The highest BCUT2D eigenvalue weighted by Crippen LogP contribution is 2.19. The smallest absolute Gasteiger partial charge is 0.250 e. The van der Waals surface area contributed by atoms with Crippen molar-refractivity contribution in [3.63, 3.8) is 0 Å². The van der Waals surface area contributed by atoms with Crippen molar-refractivity contribution < 1.29 is 14.3 Å². The zero-order valence-electron chi connectivity index (χ0n) is 15.7. The van der Waals surface area contributed by atoms with Gasteiger partial charge >= 0.3 is 0 Å². The summed E-state index contributed by atoms with van der Waals surface area (Å²) in [4.78, 5) is 12.2. The van der Waals surface area contributed by atoms with Crippen LogP contribution in [0.4, 0.5) is 0 Å². The maximum atomic E-state index is 12.2. The van der Waals surface area contributed by atoms with Crippen molar-refractivity contribution in [2.24, 2.45) is 0 Å². The molecule has 2 unspecified atom stereocenters. The molecule has 1 aliphatic rings. The highest BCUT2D eigenvalue weighted by Gasteiger charge is 2.23. The van der Waals surface area contributed by atoms with Gasteiger partial charge in [-0.25, -0.2) is 0 Å². The van der Waals surface area contributed by atoms with Gasteiger partial charge in [-0.1, -0.05) is 42.0 Å². The van der Waals surface area contributed by atoms with Crippen molar-refractivity contribution in [3.05, 3.63) is 65.2 Å². The summed E-state index contributed by atoms with van der Waals surface area (Å²) < 4.78 is 11.3. The largest absolute Gasteiger partial charge is 0.489 e. The molecule has 1 amide bonds. The lowest BCUT2D eigenvalue weighted by Gasteiger charge is -2.24. The summed E-state index contributed by atoms with van der Waals surface area (Å²) in [6.07, 6.45) is -0.414. The molecule has 0 spiro atoms. The van der Waals surface area contributed by atoms with Crippen LogP contribution in [0.5, 0.6) is 5.75 Å². The van der Waals surface area contributed by atoms with Crippen LogP contribution >= 0.6 is 12.4 Å². The summed E-state index contributed by atoms with van der Waals surface area (Å²) in [6.45, 7) is 6.51. The number of carbonyl (C=O) groups excluding carboxylic acids is 1. The molecule has 1 heterocycles. The van der Waals surface area contributed by atoms with Gasteiger partial charge in [0.05, 0.1) is 12.6 Å². The first-order valence-corrected chi connectivity index (χ1v) is 9.03. The van der Waals surface area contributed by atoms with Gasteiger partial charge in [0.1, 0.15) is 18.5 Å². The molecule has 2 aromatic rings. The van der Waals surface area contributed by atoms with Crippen molar-refractivity contribution in [1.82, 2.24) is 10.6 Å². The molecule has 0 aromatic heterocycles. The first-order valence-electron chi connectivity index (χ1n) is 9.03. The molecule has 2 N–H and O–H groups in total. The van der Waals surface area contributed by atoms with E-state index in [-0.39, 0.29) is 24.4 Å². The molecule has 6 heteroatoms. The fourth-order valence-electron chi connectivity index (χ4n) is 2.94. The summed E-state index contributed by atoms with van der Waals surface area (Å²) in [5, 5.41) is 6.17. The maximum absolute atomic E-state index is 12.2. The van der Waals surface area contributed by atoms with Crippen LogP contribution in [-0.2, 0) is 16.1 Å². The van der Waals surface area contributed by atoms with Crippen LogP contribution in [0.2, 0.25) is 0 Å². The number of hydrogen-bond donors (Lipinski definition) is 2. The lowest BCUT2D eigenvalue weighted by atomic mass is 10.1. The summed E-state index contributed by atoms with van der Waals surface area (Å²) in [5.74, 6) is 0.734. The molecule has 1 fully saturated rings. The van der Waals surface area contributed by atoms with Crippen molar-refractivity contribution >= 4 is 18.3 Å². The lowest BCUT2D eigenvalue weighted by Crippen LogP contribution is -2.48. The van der Waals surface area contributed by atoms with E-state index in [1.54, 1.807) is 0 Å². The van der Waals surface area contributed by atoms with Crippen LogP contribution in [0.3, 0.4) is 0 Å². The lowest BCUT2D eigenvalue weighted by molar-refractivity contribution is -0.134. The maximum Gasteiger partial charge on any atom is 0.250 e. The van der Waals surface area contributed by atoms with E-state index < -0.39 is 6.10 Å². The number of hydrogen-bond acceptors (Lipinski definition) is 4. The molecule has 2 atom stereocenters. The monoisotopic (exact) mass is 390 g/mol. The molecule has 1 aliphatic heterocycles. The molecule has 2 aromatic carbocycles. The molecular weight excluding hydrogens is 364 g/mol. The minimum absolute atomic E-state index is 0. The average Bonchev–Trinajstić information content (AvgIpc) is 2.67. The van der Waals surface area contributed by atoms with E-state index in [0.29, 0.717) is 19.8 Å². The molecule has 0 bridgehead atoms. The molecular formula is C21H27ClN2O3. The van der Waals surface area contributed by atoms with Gasteiger partial charge in [0.25, 0.3) is 5.91 Å². The SMILES string of the molecule is Cc1cccc(COc2ccc(C(C)NC(=O)C3CNCCO3)cc2)c1.Cl. The normalized spacial score (nSPS) is 17.5. The molecule has 5 nitrogen and oxygen atoms in total. The number of aryl methyl sites for hydroxylation is 1. The number of morpholine rings is 1. The van der Waals surface area contributed by atoms with E-state index in [1.807, 2.05) is 37.3 Å². The van der Waals surface area contributed by atoms with Crippen LogP contribution in [0.15, 0.2) is 48.5 Å². The molecule has 1 saturated heterocycles. The van der Waals surface area contributed by atoms with Crippen molar-refractivity contribution in [3.8, 4) is 5.75 Å². The Bertz CT molecular complexity index is 730. The third-order valence-electron chi connectivity index (χ3n) is 4.45. The highest BCUT2D eigenvalue weighted by atomic mass is 35.5. The van der Waals surface area contributed by atoms with E-state index in [0.717, 1.165) is 23.4 Å². The number of nitrogens with one attached hydrogen (secondary N) is 2. The molecule has 27 heavy (non-hydrogen) atoms. The molecule has 146 valence electrons. The number of benzene rings is 2. The van der Waals surface area contributed by atoms with Gasteiger partial charge in [-0.15, -0.1) is 12.4 Å². The predicted molar refractivity (Wildman–Crippen MR) is 108 cm³/mol. The molecule has 3 rings (SSSR count). The Kier molecular flexibility index (Phi) is 8.10. The number of ether oxygens (including phenoxy) is 2. The quantitative estimate of drug-likeness (QED) is 0.795. The fraction of sp³-hybridized carbons (Fsp3) is 0.381. The Balaban J connectivity index is 0.00000261. The van der Waals surface area contributed by atoms with Gasteiger partial charge < -0.3 is 20.1 Å². The second-order valence-corrected chi connectivity index (χ2v) is 6.64. The van der Waals surface area contributed by atoms with Gasteiger partial charge in [0.2, 0.25) is 0 Å². The first-order chi connectivity index (χ1) is 12.6. The standard InChI is InChI=1S/C21H26N2O3.ClH/c1-15-4-3-5-17(12-15)14-26-19-8-6-18(7-9-19)16(2)23-21(24)20-13-22-10-11-25-20;/h3-9,12,16,20,22H,10-11,13-14H2,1-2H3,(H,23,24);1H. The number of halogens is 1. The molecule has 0 saturated carbocycles. The summed E-state index contributed by atoms with van der Waals surface area (Å²) in [7, 11) is 0. The second kappa shape index (κ2) is 10.3. The Morgan fingerprint density at radius 2 is 2.07 bits per heavy atom. The Morgan fingerprint density at radius 1 is 1.30 bits per heavy atom. The average molecular weight is 391 g/mol. The second-order valence-electron chi connectivity index (χ2n) is 6.64. The summed E-state index contributed by atoms with van der Waals surface area (Å²) in [6, 6.07) is 16.0. The highest BCUT2D eigenvalue weighted by molar-refractivity contribution is 5.85. The fourth-order valence-corrected chi connectivity index (χ4v) is 2.94. The van der Waals surface area contributed by atoms with E-state index >= 15 is 0 Å². The minimum atomic E-state index is -0.414. The Labute approximate surface area is 166 Å². The predicted octanol–water partition coefficient (Wildman–Crippen LogP) is 3.16. The third kappa shape index (κ3) is 6.24. The Hall–Kier alpha value is -2.08. The minimum Gasteiger partial charge on any atom is -0.489 e. The van der Waals surface area contributed by atoms with E-state index in [9.17, 15) is 4.79 Å². The van der Waals surface area contributed by atoms with Crippen LogP contribution in [0, 0.1) is 6.92 Å². The van der Waals surface area contributed by atoms with Crippen LogP contribution in [-0.4, -0.2) is 31.7 Å². The van der Waals surface area contributed by atoms with Crippen LogP contribution < -0.4 is 15.4 Å². The third-order valence-corrected chi connectivity index (χ3v) is 4.45. The zero-order chi connectivity index (χ0) is 18.4. The van der Waals surface area contributed by atoms with E-state index in [2.05, 4.69) is 35.8 Å². The van der Waals surface area contributed by atoms with Gasteiger partial charge in [0.15, 0.2) is 0 Å². The van der Waals surface area contributed by atoms with Crippen LogP contribution in [0.25, 0.3) is 0 Å². The number of carbonyl (C=O) groups is 1. The number of rotatable bonds is 6. The zero-order valence-corrected chi connectivity index (χ0v) is 16.6. The van der Waals surface area contributed by atoms with E-state index in [1.165, 1.54) is 5.56 Å². The summed E-state index contributed by atoms with van der Waals surface area (Å²) in [5.41, 5.74) is 3.41. The topological polar surface area (TPSA) is 59.6 Å². The van der Waals surface area contributed by atoms with Crippen LogP contribution in [0.1, 0.15) is 29.7 Å². The summed E-state index contributed by atoms with van der Waals surface area (Å²) >= 11 is 0. The van der Waals surface area contributed by atoms with Gasteiger partial charge in [-0.2, -0.15) is 0 Å². The van der Waals surface area contributed by atoms with Crippen molar-refractivity contribution in [2.45, 2.75) is 32.6 Å². The van der Waals surface area contributed by atoms with Gasteiger partial charge in [-0.3, -0.25) is 4.79 Å². The first kappa shape index (κ1) is 21.2.